The number of nitrogens with zero attached hydrogens (tertiary/aromatic N) is 2. The molecule has 108 valence electrons. The first-order chi connectivity index (χ1) is 9.58. The van der Waals surface area contributed by atoms with E-state index in [1.54, 1.807) is 11.3 Å². The lowest BCUT2D eigenvalue weighted by Crippen LogP contribution is -2.30. The first kappa shape index (κ1) is 14.9. The van der Waals surface area contributed by atoms with Crippen molar-refractivity contribution in [1.82, 2.24) is 9.47 Å². The number of carbonyl (C=O) groups excluding carboxylic acids is 1. The molecule has 0 fully saturated rings. The van der Waals surface area contributed by atoms with Crippen LogP contribution in [0.2, 0.25) is 0 Å². The van der Waals surface area contributed by atoms with E-state index in [-0.39, 0.29) is 5.91 Å². The van der Waals surface area contributed by atoms with E-state index < -0.39 is 0 Å². The Morgan fingerprint density at radius 2 is 2.00 bits per heavy atom. The topological polar surface area (TPSA) is 25.2 Å². The second-order valence-corrected chi connectivity index (χ2v) is 5.96. The van der Waals surface area contributed by atoms with Gasteiger partial charge in [-0.25, -0.2) is 0 Å². The van der Waals surface area contributed by atoms with Gasteiger partial charge in [-0.05, 0) is 45.2 Å². The summed E-state index contributed by atoms with van der Waals surface area (Å²) in [7, 11) is 0. The van der Waals surface area contributed by atoms with Gasteiger partial charge in [-0.1, -0.05) is 6.07 Å². The standard InChI is InChI=1S/C16H22N2OS/c1-5-17(6-2)16(19)15-10-12(3)18(13(15)4)11-14-8-7-9-20-14/h7-10H,5-6,11H2,1-4H3. The van der Waals surface area contributed by atoms with Crippen molar-refractivity contribution < 1.29 is 4.79 Å². The summed E-state index contributed by atoms with van der Waals surface area (Å²) >= 11 is 1.75. The third-order valence-corrected chi connectivity index (χ3v) is 4.61. The SMILES string of the molecule is CCN(CC)C(=O)c1cc(C)n(Cc2cccs2)c1C. The van der Waals surface area contributed by atoms with E-state index in [0.717, 1.165) is 36.6 Å². The number of carbonyl (C=O) groups is 1. The van der Waals surface area contributed by atoms with Crippen LogP contribution >= 0.6 is 11.3 Å². The van der Waals surface area contributed by atoms with Gasteiger partial charge in [0.1, 0.15) is 0 Å². The van der Waals surface area contributed by atoms with Crippen molar-refractivity contribution in [3.8, 4) is 0 Å². The van der Waals surface area contributed by atoms with Gasteiger partial charge in [0, 0.05) is 29.4 Å². The second kappa shape index (κ2) is 6.27. The number of rotatable bonds is 5. The summed E-state index contributed by atoms with van der Waals surface area (Å²) in [4.78, 5) is 15.7. The number of aryl methyl sites for hydroxylation is 1. The smallest absolute Gasteiger partial charge is 0.255 e. The average Bonchev–Trinajstić information content (AvgIpc) is 3.03. The molecule has 0 aliphatic carbocycles. The molecule has 0 N–H and O–H groups in total. The first-order valence-electron chi connectivity index (χ1n) is 7.06. The fourth-order valence-electron chi connectivity index (χ4n) is 2.50. The molecular formula is C16H22N2OS. The molecule has 0 unspecified atom stereocenters. The molecule has 0 spiro atoms. The molecule has 0 atom stereocenters. The Hall–Kier alpha value is -1.55. The van der Waals surface area contributed by atoms with Crippen molar-refractivity contribution in [3.63, 3.8) is 0 Å². The number of hydrogen-bond acceptors (Lipinski definition) is 2. The largest absolute Gasteiger partial charge is 0.343 e. The predicted molar refractivity (Wildman–Crippen MR) is 84.6 cm³/mol. The zero-order valence-electron chi connectivity index (χ0n) is 12.6. The van der Waals surface area contributed by atoms with Crippen LogP contribution in [0, 0.1) is 13.8 Å². The van der Waals surface area contributed by atoms with Crippen LogP contribution in [-0.4, -0.2) is 28.5 Å². The molecule has 0 aliphatic heterocycles. The zero-order valence-corrected chi connectivity index (χ0v) is 13.5. The van der Waals surface area contributed by atoms with Gasteiger partial charge in [-0.3, -0.25) is 4.79 Å². The van der Waals surface area contributed by atoms with Crippen molar-refractivity contribution in [1.29, 1.82) is 0 Å². The average molecular weight is 290 g/mol. The van der Waals surface area contributed by atoms with Crippen LogP contribution in [0.25, 0.3) is 0 Å². The van der Waals surface area contributed by atoms with Gasteiger partial charge in [0.2, 0.25) is 0 Å². The van der Waals surface area contributed by atoms with Crippen LogP contribution in [-0.2, 0) is 6.54 Å². The van der Waals surface area contributed by atoms with Gasteiger partial charge in [0.25, 0.3) is 5.91 Å². The summed E-state index contributed by atoms with van der Waals surface area (Å²) in [6.07, 6.45) is 0. The lowest BCUT2D eigenvalue weighted by atomic mass is 10.2. The number of amides is 1. The second-order valence-electron chi connectivity index (χ2n) is 4.93. The van der Waals surface area contributed by atoms with Gasteiger partial charge in [0.05, 0.1) is 12.1 Å². The molecule has 0 radical (unpaired) electrons. The molecule has 20 heavy (non-hydrogen) atoms. The quantitative estimate of drug-likeness (QED) is 0.824. The van der Waals surface area contributed by atoms with E-state index in [4.69, 9.17) is 0 Å². The molecule has 0 aliphatic rings. The monoisotopic (exact) mass is 290 g/mol. The van der Waals surface area contributed by atoms with Crippen molar-refractivity contribution in [2.24, 2.45) is 0 Å². The maximum atomic E-state index is 12.5. The first-order valence-corrected chi connectivity index (χ1v) is 7.94. The molecule has 4 heteroatoms. The third kappa shape index (κ3) is 2.80. The molecule has 2 heterocycles. The minimum Gasteiger partial charge on any atom is -0.343 e. The summed E-state index contributed by atoms with van der Waals surface area (Å²) in [6, 6.07) is 6.22. The van der Waals surface area contributed by atoms with E-state index in [1.807, 2.05) is 31.7 Å². The van der Waals surface area contributed by atoms with Crippen molar-refractivity contribution in [2.75, 3.05) is 13.1 Å². The Bertz CT molecular complexity index is 580. The summed E-state index contributed by atoms with van der Waals surface area (Å²) in [6.45, 7) is 10.5. The van der Waals surface area contributed by atoms with E-state index in [1.165, 1.54) is 4.88 Å². The van der Waals surface area contributed by atoms with Gasteiger partial charge in [0.15, 0.2) is 0 Å². The lowest BCUT2D eigenvalue weighted by molar-refractivity contribution is 0.0772. The Kier molecular flexibility index (Phi) is 4.65. The molecule has 1 amide bonds. The molecule has 0 saturated heterocycles. The Morgan fingerprint density at radius 1 is 1.30 bits per heavy atom. The van der Waals surface area contributed by atoms with E-state index in [0.29, 0.717) is 0 Å². The fraction of sp³-hybridized carbons (Fsp3) is 0.438. The normalized spacial score (nSPS) is 10.8. The van der Waals surface area contributed by atoms with E-state index >= 15 is 0 Å². The maximum absolute atomic E-state index is 12.5. The highest BCUT2D eigenvalue weighted by molar-refractivity contribution is 7.09. The number of hydrogen-bond donors (Lipinski definition) is 0. The van der Waals surface area contributed by atoms with Crippen molar-refractivity contribution in [2.45, 2.75) is 34.2 Å². The van der Waals surface area contributed by atoms with Gasteiger partial charge in [-0.15, -0.1) is 11.3 Å². The molecule has 2 aromatic rings. The molecule has 0 aromatic carbocycles. The Labute approximate surface area is 124 Å². The summed E-state index contributed by atoms with van der Waals surface area (Å²) < 4.78 is 2.22. The highest BCUT2D eigenvalue weighted by Crippen LogP contribution is 2.20. The van der Waals surface area contributed by atoms with Crippen LogP contribution in [0.3, 0.4) is 0 Å². The molecule has 0 bridgehead atoms. The molecule has 0 saturated carbocycles. The third-order valence-electron chi connectivity index (χ3n) is 3.75. The van der Waals surface area contributed by atoms with Gasteiger partial charge >= 0.3 is 0 Å². The molecule has 2 aromatic heterocycles. The van der Waals surface area contributed by atoms with Gasteiger partial charge in [-0.2, -0.15) is 0 Å². The fourth-order valence-corrected chi connectivity index (χ4v) is 3.19. The van der Waals surface area contributed by atoms with Crippen LogP contribution in [0.1, 0.15) is 40.5 Å². The zero-order chi connectivity index (χ0) is 14.7. The molecular weight excluding hydrogens is 268 g/mol. The van der Waals surface area contributed by atoms with Crippen LogP contribution < -0.4 is 0 Å². The van der Waals surface area contributed by atoms with Crippen molar-refractivity contribution in [3.05, 3.63) is 45.4 Å². The Balaban J connectivity index is 2.31. The van der Waals surface area contributed by atoms with E-state index in [2.05, 4.69) is 29.0 Å². The van der Waals surface area contributed by atoms with Gasteiger partial charge < -0.3 is 9.47 Å². The molecule has 3 nitrogen and oxygen atoms in total. The summed E-state index contributed by atoms with van der Waals surface area (Å²) in [5, 5.41) is 2.09. The van der Waals surface area contributed by atoms with Crippen molar-refractivity contribution >= 4 is 17.2 Å². The number of thiophene rings is 1. The van der Waals surface area contributed by atoms with E-state index in [9.17, 15) is 4.79 Å². The predicted octanol–water partition coefficient (Wildman–Crippen LogP) is 3.70. The number of aromatic nitrogens is 1. The Morgan fingerprint density at radius 3 is 2.55 bits per heavy atom. The maximum Gasteiger partial charge on any atom is 0.255 e. The lowest BCUT2D eigenvalue weighted by Gasteiger charge is -2.18. The van der Waals surface area contributed by atoms with Crippen LogP contribution in [0.15, 0.2) is 23.6 Å². The highest BCUT2D eigenvalue weighted by Gasteiger charge is 2.19. The molecule has 2 rings (SSSR count). The van der Waals surface area contributed by atoms with Crippen LogP contribution in [0.5, 0.6) is 0 Å². The minimum absolute atomic E-state index is 0.139. The highest BCUT2D eigenvalue weighted by atomic mass is 32.1. The summed E-state index contributed by atoms with van der Waals surface area (Å²) in [5.41, 5.74) is 3.04. The summed E-state index contributed by atoms with van der Waals surface area (Å²) in [5.74, 6) is 0.139. The minimum atomic E-state index is 0.139. The van der Waals surface area contributed by atoms with Crippen LogP contribution in [0.4, 0.5) is 0 Å².